The Morgan fingerprint density at radius 2 is 1.90 bits per heavy atom. The molecule has 21 heavy (non-hydrogen) atoms. The Labute approximate surface area is 124 Å². The van der Waals surface area contributed by atoms with E-state index in [1.165, 1.54) is 6.42 Å². The summed E-state index contributed by atoms with van der Waals surface area (Å²) in [4.78, 5) is 14.1. The Balaban J connectivity index is 2.17. The number of nitrogens with zero attached hydrogens (tertiary/aromatic N) is 1. The van der Waals surface area contributed by atoms with E-state index in [1.54, 1.807) is 11.8 Å². The van der Waals surface area contributed by atoms with Crippen LogP contribution in [0.25, 0.3) is 0 Å². The van der Waals surface area contributed by atoms with E-state index in [2.05, 4.69) is 5.32 Å². The van der Waals surface area contributed by atoms with Crippen molar-refractivity contribution in [2.45, 2.75) is 33.1 Å². The molecule has 1 aliphatic rings. The number of carbonyl (C=O) groups is 1. The smallest absolute Gasteiger partial charge is 0.254 e. The van der Waals surface area contributed by atoms with Crippen LogP contribution in [0.3, 0.4) is 0 Å². The summed E-state index contributed by atoms with van der Waals surface area (Å²) in [5, 5.41) is 2.63. The van der Waals surface area contributed by atoms with Crippen molar-refractivity contribution >= 4 is 11.6 Å². The van der Waals surface area contributed by atoms with Gasteiger partial charge < -0.3 is 10.2 Å². The third-order valence-electron chi connectivity index (χ3n) is 4.01. The lowest BCUT2D eigenvalue weighted by atomic mass is 9.85. The molecule has 0 aromatic heterocycles. The Morgan fingerprint density at radius 3 is 2.33 bits per heavy atom. The van der Waals surface area contributed by atoms with E-state index in [1.807, 2.05) is 6.92 Å². The zero-order valence-corrected chi connectivity index (χ0v) is 12.6. The van der Waals surface area contributed by atoms with Crippen LogP contribution in [-0.2, 0) is 0 Å². The molecule has 1 aromatic carbocycles. The van der Waals surface area contributed by atoms with Crippen LogP contribution in [0.5, 0.6) is 0 Å². The monoisotopic (exact) mass is 296 g/mol. The molecular formula is C16H22F2N2O. The summed E-state index contributed by atoms with van der Waals surface area (Å²) in [7, 11) is 0. The molecule has 5 heteroatoms. The maximum Gasteiger partial charge on any atom is 0.254 e. The van der Waals surface area contributed by atoms with Gasteiger partial charge in [-0.15, -0.1) is 0 Å². The van der Waals surface area contributed by atoms with Crippen LogP contribution in [-0.4, -0.2) is 30.4 Å². The number of rotatable bonds is 6. The molecule has 0 unspecified atom stereocenters. The van der Waals surface area contributed by atoms with E-state index in [0.717, 1.165) is 25.0 Å². The fourth-order valence-corrected chi connectivity index (χ4v) is 2.57. The number of benzene rings is 1. The second-order valence-electron chi connectivity index (χ2n) is 5.49. The average molecular weight is 296 g/mol. The molecule has 1 saturated carbocycles. The summed E-state index contributed by atoms with van der Waals surface area (Å²) in [5.41, 5.74) is -0.0936. The molecule has 0 saturated heterocycles. The zero-order valence-electron chi connectivity index (χ0n) is 12.6. The summed E-state index contributed by atoms with van der Waals surface area (Å²) in [6.07, 6.45) is 3.47. The first kappa shape index (κ1) is 15.7. The number of amides is 1. The van der Waals surface area contributed by atoms with Crippen LogP contribution < -0.4 is 5.32 Å². The lowest BCUT2D eigenvalue weighted by Gasteiger charge is -2.32. The fraction of sp³-hybridized carbons (Fsp3) is 0.562. The van der Waals surface area contributed by atoms with E-state index in [0.29, 0.717) is 25.6 Å². The molecule has 1 aromatic rings. The van der Waals surface area contributed by atoms with E-state index < -0.39 is 11.6 Å². The van der Waals surface area contributed by atoms with Gasteiger partial charge >= 0.3 is 0 Å². The van der Waals surface area contributed by atoms with Gasteiger partial charge in [0.15, 0.2) is 0 Å². The minimum absolute atomic E-state index is 0.0767. The molecule has 1 aliphatic carbocycles. The Kier molecular flexibility index (Phi) is 5.15. The van der Waals surface area contributed by atoms with Crippen LogP contribution >= 0.6 is 0 Å². The van der Waals surface area contributed by atoms with E-state index in [4.69, 9.17) is 0 Å². The maximum atomic E-state index is 13.9. The summed E-state index contributed by atoms with van der Waals surface area (Å²) < 4.78 is 27.8. The van der Waals surface area contributed by atoms with Gasteiger partial charge in [-0.25, -0.2) is 8.78 Å². The minimum Gasteiger partial charge on any atom is -0.381 e. The number of hydrogen-bond donors (Lipinski definition) is 1. The Hall–Kier alpha value is -1.65. The van der Waals surface area contributed by atoms with Gasteiger partial charge in [0.05, 0.1) is 0 Å². The number of hydrogen-bond acceptors (Lipinski definition) is 2. The number of nitrogens with one attached hydrogen (secondary N) is 1. The Morgan fingerprint density at radius 1 is 1.29 bits per heavy atom. The quantitative estimate of drug-likeness (QED) is 0.869. The van der Waals surface area contributed by atoms with Gasteiger partial charge in [0, 0.05) is 25.2 Å². The third-order valence-corrected chi connectivity index (χ3v) is 4.01. The molecule has 0 atom stereocenters. The second kappa shape index (κ2) is 6.87. The van der Waals surface area contributed by atoms with Gasteiger partial charge in [0.1, 0.15) is 17.3 Å². The molecule has 0 heterocycles. The van der Waals surface area contributed by atoms with Gasteiger partial charge in [0.2, 0.25) is 0 Å². The van der Waals surface area contributed by atoms with Crippen molar-refractivity contribution in [2.24, 2.45) is 5.92 Å². The zero-order chi connectivity index (χ0) is 15.4. The van der Waals surface area contributed by atoms with Gasteiger partial charge in [-0.1, -0.05) is 6.42 Å². The highest BCUT2D eigenvalue weighted by Crippen LogP contribution is 2.28. The first-order valence-corrected chi connectivity index (χ1v) is 7.59. The molecule has 0 aliphatic heterocycles. The number of anilines is 1. The van der Waals surface area contributed by atoms with E-state index >= 15 is 0 Å². The first-order chi connectivity index (χ1) is 10.1. The number of carbonyl (C=O) groups excluding carboxylic acids is 1. The topological polar surface area (TPSA) is 32.3 Å². The lowest BCUT2D eigenvalue weighted by molar-refractivity contribution is 0.0705. The molecular weight excluding hydrogens is 274 g/mol. The third kappa shape index (κ3) is 3.52. The van der Waals surface area contributed by atoms with Crippen LogP contribution in [0.1, 0.15) is 43.5 Å². The SMILES string of the molecule is CCNc1c(F)cc(C(=O)N(CC)CC2CCC2)cc1F. The molecule has 0 spiro atoms. The summed E-state index contributed by atoms with van der Waals surface area (Å²) in [6, 6.07) is 2.24. The molecule has 1 amide bonds. The van der Waals surface area contributed by atoms with E-state index in [9.17, 15) is 13.6 Å². The average Bonchev–Trinajstić information content (AvgIpc) is 2.41. The minimum atomic E-state index is -0.722. The molecule has 0 bridgehead atoms. The molecule has 1 fully saturated rings. The normalized spacial score (nSPS) is 14.7. The molecule has 2 rings (SSSR count). The van der Waals surface area contributed by atoms with Crippen molar-refractivity contribution in [1.29, 1.82) is 0 Å². The van der Waals surface area contributed by atoms with Gasteiger partial charge in [-0.05, 0) is 44.7 Å². The van der Waals surface area contributed by atoms with Crippen LogP contribution in [0.15, 0.2) is 12.1 Å². The summed E-state index contributed by atoms with van der Waals surface area (Å²) in [5.74, 6) is -1.21. The van der Waals surface area contributed by atoms with Crippen molar-refractivity contribution in [3.05, 3.63) is 29.3 Å². The van der Waals surface area contributed by atoms with E-state index in [-0.39, 0.29) is 17.2 Å². The van der Waals surface area contributed by atoms with Crippen molar-refractivity contribution in [1.82, 2.24) is 4.90 Å². The largest absolute Gasteiger partial charge is 0.381 e. The number of halogens is 2. The molecule has 3 nitrogen and oxygen atoms in total. The Bertz CT molecular complexity index is 492. The van der Waals surface area contributed by atoms with Crippen molar-refractivity contribution in [3.63, 3.8) is 0 Å². The maximum absolute atomic E-state index is 13.9. The second-order valence-corrected chi connectivity index (χ2v) is 5.49. The lowest BCUT2D eigenvalue weighted by Crippen LogP contribution is -2.37. The predicted octanol–water partition coefficient (Wildman–Crippen LogP) is 3.66. The van der Waals surface area contributed by atoms with Crippen LogP contribution in [0.2, 0.25) is 0 Å². The molecule has 1 N–H and O–H groups in total. The van der Waals surface area contributed by atoms with Crippen LogP contribution in [0, 0.1) is 17.6 Å². The highest BCUT2D eigenvalue weighted by Gasteiger charge is 2.24. The highest BCUT2D eigenvalue weighted by atomic mass is 19.1. The molecule has 0 radical (unpaired) electrons. The van der Waals surface area contributed by atoms with Crippen molar-refractivity contribution < 1.29 is 13.6 Å². The van der Waals surface area contributed by atoms with Crippen LogP contribution in [0.4, 0.5) is 14.5 Å². The molecule has 116 valence electrons. The van der Waals surface area contributed by atoms with Crippen molar-refractivity contribution in [2.75, 3.05) is 25.0 Å². The predicted molar refractivity (Wildman–Crippen MR) is 79.4 cm³/mol. The fourth-order valence-electron chi connectivity index (χ4n) is 2.57. The highest BCUT2D eigenvalue weighted by molar-refractivity contribution is 5.94. The van der Waals surface area contributed by atoms with Gasteiger partial charge in [0.25, 0.3) is 5.91 Å². The summed E-state index contributed by atoms with van der Waals surface area (Å²) in [6.45, 7) is 5.29. The summed E-state index contributed by atoms with van der Waals surface area (Å²) >= 11 is 0. The van der Waals surface area contributed by atoms with Gasteiger partial charge in [-0.3, -0.25) is 4.79 Å². The standard InChI is InChI=1S/C16H22F2N2O/c1-3-19-15-13(17)8-12(9-14(15)18)16(21)20(4-2)10-11-6-5-7-11/h8-9,11,19H,3-7,10H2,1-2H3. The van der Waals surface area contributed by atoms with Crippen molar-refractivity contribution in [3.8, 4) is 0 Å². The first-order valence-electron chi connectivity index (χ1n) is 7.59. The van der Waals surface area contributed by atoms with Gasteiger partial charge in [-0.2, -0.15) is 0 Å².